The number of pyridine rings is 1. The van der Waals surface area contributed by atoms with Crippen molar-refractivity contribution in [3.63, 3.8) is 0 Å². The summed E-state index contributed by atoms with van der Waals surface area (Å²) in [6, 6.07) is 11.9. The number of aromatic carboxylic acids is 1. The summed E-state index contributed by atoms with van der Waals surface area (Å²) >= 11 is 0. The van der Waals surface area contributed by atoms with Gasteiger partial charge in [0.2, 0.25) is 0 Å². The molecule has 5 nitrogen and oxygen atoms in total. The smallest absolute Gasteiger partial charge is 0.165 e. The third kappa shape index (κ3) is 3.47. The third-order valence-corrected chi connectivity index (χ3v) is 5.39. The maximum absolute atomic E-state index is 14.2. The summed E-state index contributed by atoms with van der Waals surface area (Å²) in [4.78, 5) is 18.0. The van der Waals surface area contributed by atoms with Crippen LogP contribution in [-0.4, -0.2) is 31.2 Å². The predicted molar refractivity (Wildman–Crippen MR) is 107 cm³/mol. The van der Waals surface area contributed by atoms with Gasteiger partial charge in [0.1, 0.15) is 13.1 Å². The van der Waals surface area contributed by atoms with Crippen molar-refractivity contribution in [1.29, 1.82) is 0 Å². The van der Waals surface area contributed by atoms with Crippen molar-refractivity contribution in [3.05, 3.63) is 70.7 Å². The van der Waals surface area contributed by atoms with Gasteiger partial charge >= 0.3 is 0 Å². The van der Waals surface area contributed by atoms with Gasteiger partial charge in [-0.1, -0.05) is 24.3 Å². The Kier molecular flexibility index (Phi) is 5.03. The van der Waals surface area contributed by atoms with Gasteiger partial charge in [-0.15, -0.1) is 0 Å². The second-order valence-electron chi connectivity index (χ2n) is 7.14. The molecule has 2 aromatic carbocycles. The number of quaternary nitrogens is 1. The first-order chi connectivity index (χ1) is 14.0. The molecule has 1 aliphatic rings. The number of para-hydroxylation sites is 1. The minimum Gasteiger partial charge on any atom is -0.545 e. The number of nitrogens with zero attached hydrogens (tertiary/aromatic N) is 1. The lowest BCUT2D eigenvalue weighted by Crippen LogP contribution is -3.11. The van der Waals surface area contributed by atoms with Crippen molar-refractivity contribution < 1.29 is 23.9 Å². The molecule has 0 amide bonds. The van der Waals surface area contributed by atoms with Crippen LogP contribution in [0.2, 0.25) is 0 Å². The molecule has 1 atom stereocenters. The molecule has 0 radical (unpaired) electrons. The van der Waals surface area contributed by atoms with E-state index in [0.717, 1.165) is 12.1 Å². The van der Waals surface area contributed by atoms with Gasteiger partial charge in [0.05, 0.1) is 30.8 Å². The lowest BCUT2D eigenvalue weighted by molar-refractivity contribution is -0.905. The van der Waals surface area contributed by atoms with Crippen LogP contribution in [-0.2, 0) is 6.54 Å². The molecule has 0 saturated heterocycles. The van der Waals surface area contributed by atoms with E-state index in [9.17, 15) is 14.3 Å². The van der Waals surface area contributed by atoms with E-state index in [0.29, 0.717) is 40.8 Å². The lowest BCUT2D eigenvalue weighted by Gasteiger charge is -2.29. The second kappa shape index (κ2) is 7.64. The lowest BCUT2D eigenvalue weighted by atomic mass is 9.92. The van der Waals surface area contributed by atoms with Crippen LogP contribution in [0.4, 0.5) is 4.39 Å². The van der Waals surface area contributed by atoms with Gasteiger partial charge < -0.3 is 19.5 Å². The average Bonchev–Trinajstić information content (AvgIpc) is 2.72. The number of carbonyl (C=O) groups is 1. The Bertz CT molecular complexity index is 1140. The van der Waals surface area contributed by atoms with Crippen LogP contribution in [0.15, 0.2) is 42.5 Å². The summed E-state index contributed by atoms with van der Waals surface area (Å²) in [6.45, 7) is 4.11. The minimum atomic E-state index is -1.20. The van der Waals surface area contributed by atoms with Crippen molar-refractivity contribution >= 4 is 28.5 Å². The molecule has 1 aromatic heterocycles. The van der Waals surface area contributed by atoms with Crippen LogP contribution >= 0.6 is 0 Å². The highest BCUT2D eigenvalue weighted by molar-refractivity contribution is 6.05. The topological polar surface area (TPSA) is 66.7 Å². The van der Waals surface area contributed by atoms with Crippen LogP contribution in [0.25, 0.3) is 22.6 Å². The normalized spacial score (nSPS) is 17.3. The first-order valence-electron chi connectivity index (χ1n) is 9.52. The number of likely N-dealkylation sites (N-methyl/N-ethyl adjacent to an activating group) is 1. The maximum atomic E-state index is 14.2. The van der Waals surface area contributed by atoms with E-state index in [1.807, 2.05) is 12.1 Å². The molecule has 1 N–H and O–H groups in total. The van der Waals surface area contributed by atoms with E-state index in [2.05, 4.69) is 6.92 Å². The largest absolute Gasteiger partial charge is 0.545 e. The van der Waals surface area contributed by atoms with Crippen molar-refractivity contribution in [2.75, 3.05) is 20.2 Å². The zero-order valence-corrected chi connectivity index (χ0v) is 16.3. The van der Waals surface area contributed by atoms with E-state index in [1.165, 1.54) is 18.1 Å². The second-order valence-corrected chi connectivity index (χ2v) is 7.14. The molecule has 0 bridgehead atoms. The minimum absolute atomic E-state index is 0.181. The summed E-state index contributed by atoms with van der Waals surface area (Å²) in [5.41, 5.74) is 3.68. The van der Waals surface area contributed by atoms with Crippen LogP contribution < -0.4 is 14.7 Å². The molecule has 0 saturated carbocycles. The Morgan fingerprint density at radius 3 is 2.76 bits per heavy atom. The molecule has 0 fully saturated rings. The van der Waals surface area contributed by atoms with Gasteiger partial charge in [-0.25, -0.2) is 9.37 Å². The number of hydrogen-bond acceptors (Lipinski definition) is 4. The number of fused-ring (bicyclic) bond motifs is 2. The van der Waals surface area contributed by atoms with Gasteiger partial charge in [0, 0.05) is 22.1 Å². The molecule has 2 heterocycles. The average molecular weight is 392 g/mol. The summed E-state index contributed by atoms with van der Waals surface area (Å²) in [5, 5.41) is 12.6. The molecular weight excluding hydrogens is 371 g/mol. The van der Waals surface area contributed by atoms with Gasteiger partial charge in [-0.2, -0.15) is 0 Å². The van der Waals surface area contributed by atoms with Crippen molar-refractivity contribution in [3.8, 4) is 5.75 Å². The number of carboxylic acids is 1. The number of nitrogens with one attached hydrogen (secondary N) is 1. The van der Waals surface area contributed by atoms with Gasteiger partial charge in [-0.3, -0.25) is 0 Å². The van der Waals surface area contributed by atoms with Crippen LogP contribution in [0, 0.1) is 5.82 Å². The number of rotatable bonds is 4. The van der Waals surface area contributed by atoms with Gasteiger partial charge in [0.15, 0.2) is 11.6 Å². The first kappa shape index (κ1) is 19.1. The number of halogens is 1. The van der Waals surface area contributed by atoms with E-state index >= 15 is 0 Å². The van der Waals surface area contributed by atoms with E-state index in [1.54, 1.807) is 30.3 Å². The summed E-state index contributed by atoms with van der Waals surface area (Å²) in [5.74, 6) is -1.47. The Balaban J connectivity index is 1.94. The highest BCUT2D eigenvalue weighted by Crippen LogP contribution is 2.30. The fraction of sp³-hybridized carbons (Fsp3) is 0.217. The number of ether oxygens (including phenoxy) is 1. The molecule has 4 rings (SSSR count). The number of carboxylic acid groups (broad SMARTS) is 1. The fourth-order valence-electron chi connectivity index (χ4n) is 3.93. The van der Waals surface area contributed by atoms with Crippen LogP contribution in [0.5, 0.6) is 5.75 Å². The number of benzene rings is 2. The SMILES string of the molecule is CC[NH+]1C/C(=C\c2ccc(OC)c(F)c2)c2nc3ccccc3c(C(=O)[O-])c2C1. The van der Waals surface area contributed by atoms with Crippen LogP contribution in [0.3, 0.4) is 0 Å². The molecule has 148 valence electrons. The number of methoxy groups -OCH3 is 1. The fourth-order valence-corrected chi connectivity index (χ4v) is 3.93. The zero-order valence-electron chi connectivity index (χ0n) is 16.3. The molecular formula is C23H21FN2O3. The Morgan fingerprint density at radius 2 is 2.07 bits per heavy atom. The predicted octanol–water partition coefficient (Wildman–Crippen LogP) is 1.71. The van der Waals surface area contributed by atoms with E-state index in [4.69, 9.17) is 9.72 Å². The number of carbonyl (C=O) groups excluding carboxylic acids is 1. The summed E-state index contributed by atoms with van der Waals surface area (Å²) in [7, 11) is 1.42. The Morgan fingerprint density at radius 1 is 1.28 bits per heavy atom. The van der Waals surface area contributed by atoms with Crippen LogP contribution in [0.1, 0.15) is 34.1 Å². The molecule has 0 aliphatic carbocycles. The van der Waals surface area contributed by atoms with E-state index < -0.39 is 11.8 Å². The zero-order chi connectivity index (χ0) is 20.5. The van der Waals surface area contributed by atoms with Gasteiger partial charge in [-0.05, 0) is 36.8 Å². The monoisotopic (exact) mass is 392 g/mol. The van der Waals surface area contributed by atoms with Crippen molar-refractivity contribution in [1.82, 2.24) is 4.98 Å². The highest BCUT2D eigenvalue weighted by atomic mass is 19.1. The quantitative estimate of drug-likeness (QED) is 0.734. The van der Waals surface area contributed by atoms with E-state index in [-0.39, 0.29) is 11.3 Å². The highest BCUT2D eigenvalue weighted by Gasteiger charge is 2.28. The Labute approximate surface area is 168 Å². The molecule has 3 aromatic rings. The molecule has 29 heavy (non-hydrogen) atoms. The number of hydrogen-bond donors (Lipinski definition) is 1. The summed E-state index contributed by atoms with van der Waals surface area (Å²) in [6.07, 6.45) is 1.87. The molecule has 6 heteroatoms. The molecule has 1 aliphatic heterocycles. The summed E-state index contributed by atoms with van der Waals surface area (Å²) < 4.78 is 19.1. The third-order valence-electron chi connectivity index (χ3n) is 5.39. The van der Waals surface area contributed by atoms with Crippen molar-refractivity contribution in [2.24, 2.45) is 0 Å². The first-order valence-corrected chi connectivity index (χ1v) is 9.52. The van der Waals surface area contributed by atoms with Crippen molar-refractivity contribution in [2.45, 2.75) is 13.5 Å². The molecule has 0 spiro atoms. The Hall–Kier alpha value is -3.25. The standard InChI is InChI=1S/C23H21FN2O3/c1-3-26-12-15(10-14-8-9-20(29-2)18(24)11-14)22-17(13-26)21(23(27)28)16-6-4-5-7-19(16)25-22/h4-11H,3,12-13H2,1-2H3,(H,27,28)/b15-10+. The number of aromatic nitrogens is 1. The van der Waals surface area contributed by atoms with Gasteiger partial charge in [0.25, 0.3) is 0 Å². The maximum Gasteiger partial charge on any atom is 0.165 e. The molecule has 1 unspecified atom stereocenters.